The summed E-state index contributed by atoms with van der Waals surface area (Å²) in [6.45, 7) is 0.534. The van der Waals surface area contributed by atoms with Gasteiger partial charge in [0.15, 0.2) is 0 Å². The molecule has 2 aromatic heterocycles. The second-order valence-corrected chi connectivity index (χ2v) is 3.69. The van der Waals surface area contributed by atoms with Gasteiger partial charge in [-0.15, -0.1) is 5.10 Å². The molecule has 2 aromatic rings. The van der Waals surface area contributed by atoms with E-state index >= 15 is 0 Å². The second-order valence-electron chi connectivity index (χ2n) is 3.69. The Labute approximate surface area is 96.8 Å². The molecule has 0 spiro atoms. The van der Waals surface area contributed by atoms with Gasteiger partial charge in [0.25, 0.3) is 0 Å². The first-order valence-corrected chi connectivity index (χ1v) is 5.03. The highest BCUT2D eigenvalue weighted by Gasteiger charge is 2.14. The fraction of sp³-hybridized carbons (Fsp3) is 0.300. The first kappa shape index (κ1) is 11.3. The molecule has 2 rings (SSSR count). The van der Waals surface area contributed by atoms with Gasteiger partial charge >= 0.3 is 5.97 Å². The van der Waals surface area contributed by atoms with E-state index in [1.807, 2.05) is 6.07 Å². The van der Waals surface area contributed by atoms with Crippen molar-refractivity contribution in [3.05, 3.63) is 36.0 Å². The number of carboxylic acids is 1. The van der Waals surface area contributed by atoms with Gasteiger partial charge in [-0.2, -0.15) is 0 Å². The first-order chi connectivity index (χ1) is 8.15. The molecule has 0 aromatic carbocycles. The Balaban J connectivity index is 1.98. The number of nitrogens with zero attached hydrogens (tertiary/aromatic N) is 3. The van der Waals surface area contributed by atoms with Gasteiger partial charge in [-0.3, -0.25) is 4.79 Å². The molecule has 0 bridgehead atoms. The Kier molecular flexibility index (Phi) is 3.20. The van der Waals surface area contributed by atoms with Gasteiger partial charge in [0, 0.05) is 18.2 Å². The van der Waals surface area contributed by atoms with Crippen LogP contribution in [0.1, 0.15) is 11.3 Å². The van der Waals surface area contributed by atoms with Crippen LogP contribution in [-0.2, 0) is 17.8 Å². The van der Waals surface area contributed by atoms with Crippen LogP contribution < -0.4 is 5.73 Å². The summed E-state index contributed by atoms with van der Waals surface area (Å²) < 4.78 is 6.54. The Morgan fingerprint density at radius 2 is 2.47 bits per heavy atom. The maximum Gasteiger partial charge on any atom is 0.320 e. The zero-order chi connectivity index (χ0) is 12.3. The molecule has 2 heterocycles. The molecule has 3 N–H and O–H groups in total. The lowest BCUT2D eigenvalue weighted by atomic mass is 10.2. The van der Waals surface area contributed by atoms with E-state index < -0.39 is 12.0 Å². The van der Waals surface area contributed by atoms with Gasteiger partial charge < -0.3 is 15.3 Å². The van der Waals surface area contributed by atoms with Gasteiger partial charge in [-0.25, -0.2) is 4.68 Å². The number of aliphatic carboxylic acids is 1. The number of hydrogen-bond donors (Lipinski definition) is 2. The molecular formula is C10H12N4O3. The number of nitrogens with two attached hydrogens (primary N) is 1. The lowest BCUT2D eigenvalue weighted by molar-refractivity contribution is -0.138. The van der Waals surface area contributed by atoms with E-state index in [4.69, 9.17) is 15.3 Å². The summed E-state index contributed by atoms with van der Waals surface area (Å²) in [5.41, 5.74) is 6.92. The van der Waals surface area contributed by atoms with Crippen molar-refractivity contribution in [1.29, 1.82) is 0 Å². The van der Waals surface area contributed by atoms with Crippen molar-refractivity contribution in [1.82, 2.24) is 15.0 Å². The predicted molar refractivity (Wildman–Crippen MR) is 57.1 cm³/mol. The fourth-order valence-electron chi connectivity index (χ4n) is 1.39. The Morgan fingerprint density at radius 3 is 3.12 bits per heavy atom. The van der Waals surface area contributed by atoms with Crippen molar-refractivity contribution in [2.45, 2.75) is 19.0 Å². The van der Waals surface area contributed by atoms with E-state index in [2.05, 4.69) is 10.3 Å². The molecule has 0 amide bonds. The normalized spacial score (nSPS) is 12.5. The smallest absolute Gasteiger partial charge is 0.320 e. The number of carboxylic acid groups (broad SMARTS) is 1. The molecule has 0 aliphatic heterocycles. The summed E-state index contributed by atoms with van der Waals surface area (Å²) >= 11 is 0. The second kappa shape index (κ2) is 4.79. The monoisotopic (exact) mass is 236 g/mol. The maximum atomic E-state index is 10.6. The molecule has 7 heteroatoms. The third-order valence-corrected chi connectivity index (χ3v) is 2.26. The van der Waals surface area contributed by atoms with E-state index in [-0.39, 0.29) is 6.42 Å². The van der Waals surface area contributed by atoms with Crippen LogP contribution in [0.4, 0.5) is 0 Å². The molecule has 0 saturated carbocycles. The van der Waals surface area contributed by atoms with E-state index in [0.717, 1.165) is 5.56 Å². The lowest BCUT2D eigenvalue weighted by Crippen LogP contribution is -2.32. The minimum Gasteiger partial charge on any atom is -0.480 e. The predicted octanol–water partition coefficient (Wildman–Crippen LogP) is -0.126. The number of rotatable bonds is 5. The third kappa shape index (κ3) is 2.91. The first-order valence-electron chi connectivity index (χ1n) is 5.03. The summed E-state index contributed by atoms with van der Waals surface area (Å²) in [6, 6.07) is 0.874. The largest absolute Gasteiger partial charge is 0.480 e. The molecule has 0 saturated heterocycles. The zero-order valence-electron chi connectivity index (χ0n) is 8.98. The quantitative estimate of drug-likeness (QED) is 0.749. The minimum atomic E-state index is -1.05. The molecule has 1 unspecified atom stereocenters. The van der Waals surface area contributed by atoms with Gasteiger partial charge in [-0.1, -0.05) is 5.21 Å². The average molecular weight is 236 g/mol. The van der Waals surface area contributed by atoms with Crippen LogP contribution in [0.25, 0.3) is 0 Å². The highest BCUT2D eigenvalue weighted by molar-refractivity contribution is 5.73. The van der Waals surface area contributed by atoms with Gasteiger partial charge in [0.05, 0.1) is 24.8 Å². The van der Waals surface area contributed by atoms with E-state index in [0.29, 0.717) is 12.2 Å². The molecular weight excluding hydrogens is 224 g/mol. The molecule has 0 aliphatic rings. The van der Waals surface area contributed by atoms with E-state index in [1.165, 1.54) is 0 Å². The van der Waals surface area contributed by atoms with Crippen molar-refractivity contribution in [3.8, 4) is 0 Å². The summed E-state index contributed by atoms with van der Waals surface area (Å²) in [4.78, 5) is 10.6. The topological polar surface area (TPSA) is 107 Å². The highest BCUT2D eigenvalue weighted by Crippen LogP contribution is 2.04. The highest BCUT2D eigenvalue weighted by atomic mass is 16.4. The van der Waals surface area contributed by atoms with Crippen molar-refractivity contribution >= 4 is 5.97 Å². The van der Waals surface area contributed by atoms with Gasteiger partial charge in [-0.05, 0) is 6.07 Å². The number of aromatic nitrogens is 3. The van der Waals surface area contributed by atoms with Crippen LogP contribution in [0.3, 0.4) is 0 Å². The molecule has 1 atom stereocenters. The number of hydrogen-bond acceptors (Lipinski definition) is 5. The van der Waals surface area contributed by atoms with E-state index in [9.17, 15) is 4.79 Å². The van der Waals surface area contributed by atoms with Crippen LogP contribution in [0, 0.1) is 0 Å². The molecule has 17 heavy (non-hydrogen) atoms. The third-order valence-electron chi connectivity index (χ3n) is 2.26. The Bertz CT molecular complexity index is 491. The van der Waals surface area contributed by atoms with Crippen LogP contribution in [0.5, 0.6) is 0 Å². The van der Waals surface area contributed by atoms with Crippen LogP contribution in [-0.4, -0.2) is 32.1 Å². The zero-order valence-corrected chi connectivity index (χ0v) is 8.98. The molecule has 90 valence electrons. The minimum absolute atomic E-state index is 0.167. The lowest BCUT2D eigenvalue weighted by Gasteiger charge is -2.01. The summed E-state index contributed by atoms with van der Waals surface area (Å²) in [5, 5.41) is 16.4. The Hall–Kier alpha value is -2.15. The van der Waals surface area contributed by atoms with Crippen molar-refractivity contribution < 1.29 is 14.3 Å². The van der Waals surface area contributed by atoms with Gasteiger partial charge in [0.1, 0.15) is 6.04 Å². The summed E-state index contributed by atoms with van der Waals surface area (Å²) in [7, 11) is 0. The van der Waals surface area contributed by atoms with Crippen LogP contribution in [0.2, 0.25) is 0 Å². The Morgan fingerprint density at radius 1 is 1.65 bits per heavy atom. The van der Waals surface area contributed by atoms with Crippen LogP contribution >= 0.6 is 0 Å². The van der Waals surface area contributed by atoms with Crippen molar-refractivity contribution in [3.63, 3.8) is 0 Å². The van der Waals surface area contributed by atoms with Gasteiger partial charge in [0.2, 0.25) is 0 Å². The standard InChI is InChI=1S/C10H12N4O3/c11-9(10(15)16)3-8-5-14(13-12-8)4-7-1-2-17-6-7/h1-2,5-6,9H,3-4,11H2,(H,15,16). The SMILES string of the molecule is NC(Cc1cn(Cc2ccoc2)nn1)C(=O)O. The fourth-order valence-corrected chi connectivity index (χ4v) is 1.39. The summed E-state index contributed by atoms with van der Waals surface area (Å²) in [5.74, 6) is -1.05. The molecule has 0 aliphatic carbocycles. The van der Waals surface area contributed by atoms with E-state index in [1.54, 1.807) is 23.4 Å². The van der Waals surface area contributed by atoms with Crippen molar-refractivity contribution in [2.24, 2.45) is 5.73 Å². The maximum absolute atomic E-state index is 10.6. The molecule has 0 radical (unpaired) electrons. The number of carbonyl (C=O) groups is 1. The molecule has 0 fully saturated rings. The number of furan rings is 1. The summed E-state index contributed by atoms with van der Waals surface area (Å²) in [6.07, 6.45) is 5.04. The molecule has 7 nitrogen and oxygen atoms in total. The van der Waals surface area contributed by atoms with Crippen LogP contribution in [0.15, 0.2) is 29.2 Å². The average Bonchev–Trinajstić information content (AvgIpc) is 2.91. The van der Waals surface area contributed by atoms with Crippen molar-refractivity contribution in [2.75, 3.05) is 0 Å².